The van der Waals surface area contributed by atoms with Gasteiger partial charge in [-0.1, -0.05) is 42.3 Å². The molecule has 0 heterocycles. The summed E-state index contributed by atoms with van der Waals surface area (Å²) in [5.41, 5.74) is 0.999. The van der Waals surface area contributed by atoms with Gasteiger partial charge in [-0.2, -0.15) is 0 Å². The van der Waals surface area contributed by atoms with E-state index in [-0.39, 0.29) is 6.10 Å². The third-order valence-corrected chi connectivity index (χ3v) is 3.63. The van der Waals surface area contributed by atoms with Gasteiger partial charge in [0, 0.05) is 11.1 Å². The number of rotatable bonds is 6. The van der Waals surface area contributed by atoms with Crippen molar-refractivity contribution in [3.05, 3.63) is 58.1 Å². The fraction of sp³-hybridized carbons (Fsp3) is 0.294. The number of halogens is 2. The Bertz CT molecular complexity index is 599. The zero-order chi connectivity index (χ0) is 15.2. The Morgan fingerprint density at radius 3 is 2.57 bits per heavy atom. The highest BCUT2D eigenvalue weighted by Crippen LogP contribution is 2.30. The molecule has 0 aromatic heterocycles. The van der Waals surface area contributed by atoms with Crippen molar-refractivity contribution < 1.29 is 9.47 Å². The molecule has 0 radical (unpaired) electrons. The molecule has 0 spiro atoms. The molecule has 0 aliphatic rings. The summed E-state index contributed by atoms with van der Waals surface area (Å²) in [4.78, 5) is 0. The van der Waals surface area contributed by atoms with Crippen LogP contribution in [0.25, 0.3) is 0 Å². The lowest BCUT2D eigenvalue weighted by molar-refractivity contribution is 0.217. The highest BCUT2D eigenvalue weighted by molar-refractivity contribution is 6.32. The van der Waals surface area contributed by atoms with Gasteiger partial charge in [0.05, 0.1) is 11.1 Å². The molecular formula is C17H18Cl2O2. The first-order chi connectivity index (χ1) is 10.1. The molecule has 112 valence electrons. The van der Waals surface area contributed by atoms with Crippen LogP contribution in [0.1, 0.15) is 25.8 Å². The smallest absolute Gasteiger partial charge is 0.138 e. The summed E-state index contributed by atoms with van der Waals surface area (Å²) in [6.45, 7) is 4.53. The molecule has 0 aliphatic carbocycles. The molecule has 21 heavy (non-hydrogen) atoms. The number of hydrogen-bond acceptors (Lipinski definition) is 2. The second-order valence-corrected chi connectivity index (χ2v) is 5.69. The van der Waals surface area contributed by atoms with E-state index in [0.717, 1.165) is 17.7 Å². The topological polar surface area (TPSA) is 18.5 Å². The molecule has 0 bridgehead atoms. The van der Waals surface area contributed by atoms with E-state index in [0.29, 0.717) is 22.4 Å². The monoisotopic (exact) mass is 324 g/mol. The molecule has 0 saturated carbocycles. The Balaban J connectivity index is 2.01. The van der Waals surface area contributed by atoms with Crippen LogP contribution in [0.3, 0.4) is 0 Å². The van der Waals surface area contributed by atoms with Crippen molar-refractivity contribution in [3.8, 4) is 11.5 Å². The van der Waals surface area contributed by atoms with Crippen LogP contribution < -0.4 is 9.47 Å². The summed E-state index contributed by atoms with van der Waals surface area (Å²) in [6.07, 6.45) is 1.12. The van der Waals surface area contributed by atoms with E-state index in [4.69, 9.17) is 32.7 Å². The predicted octanol–water partition coefficient (Wildman–Crippen LogP) is 5.75. The summed E-state index contributed by atoms with van der Waals surface area (Å²) in [5.74, 6) is 1.39. The minimum atomic E-state index is 0.166. The first-order valence-electron chi connectivity index (χ1n) is 6.92. The van der Waals surface area contributed by atoms with Gasteiger partial charge in [-0.25, -0.2) is 0 Å². The molecule has 2 nitrogen and oxygen atoms in total. The third kappa shape index (κ3) is 4.83. The molecule has 0 N–H and O–H groups in total. The van der Waals surface area contributed by atoms with Crippen molar-refractivity contribution in [2.75, 3.05) is 0 Å². The summed E-state index contributed by atoms with van der Waals surface area (Å²) < 4.78 is 11.4. The fourth-order valence-corrected chi connectivity index (χ4v) is 2.21. The molecule has 2 aromatic carbocycles. The minimum Gasteiger partial charge on any atom is -0.491 e. The maximum Gasteiger partial charge on any atom is 0.138 e. The van der Waals surface area contributed by atoms with Crippen molar-refractivity contribution >= 4 is 23.2 Å². The average molecular weight is 325 g/mol. The molecule has 1 unspecified atom stereocenters. The van der Waals surface area contributed by atoms with Crippen molar-refractivity contribution in [1.29, 1.82) is 0 Å². The standard InChI is InChI=1S/C17H18Cl2O2/c1-3-12(2)21-15-7-8-17(16(19)10-15)20-11-13-5-4-6-14(18)9-13/h4-10,12H,3,11H2,1-2H3. The largest absolute Gasteiger partial charge is 0.491 e. The SMILES string of the molecule is CCC(C)Oc1ccc(OCc2cccc(Cl)c2)c(Cl)c1. The zero-order valence-corrected chi connectivity index (χ0v) is 13.6. The fourth-order valence-electron chi connectivity index (χ4n) is 1.78. The van der Waals surface area contributed by atoms with Crippen LogP contribution in [-0.4, -0.2) is 6.10 Å². The zero-order valence-electron chi connectivity index (χ0n) is 12.1. The van der Waals surface area contributed by atoms with E-state index in [9.17, 15) is 0 Å². The second-order valence-electron chi connectivity index (χ2n) is 4.85. The Morgan fingerprint density at radius 1 is 1.10 bits per heavy atom. The highest BCUT2D eigenvalue weighted by Gasteiger charge is 2.07. The number of ether oxygens (including phenoxy) is 2. The Hall–Kier alpha value is -1.38. The van der Waals surface area contributed by atoms with Gasteiger partial charge in [0.2, 0.25) is 0 Å². The molecule has 2 rings (SSSR count). The Morgan fingerprint density at radius 2 is 1.90 bits per heavy atom. The van der Waals surface area contributed by atoms with Crippen molar-refractivity contribution in [2.45, 2.75) is 33.0 Å². The average Bonchev–Trinajstić information content (AvgIpc) is 2.46. The molecule has 2 aromatic rings. The van der Waals surface area contributed by atoms with E-state index >= 15 is 0 Å². The van der Waals surface area contributed by atoms with Gasteiger partial charge in [-0.3, -0.25) is 0 Å². The predicted molar refractivity (Wildman–Crippen MR) is 87.6 cm³/mol. The van der Waals surface area contributed by atoms with Crippen LogP contribution in [-0.2, 0) is 6.61 Å². The molecule has 4 heteroatoms. The van der Waals surface area contributed by atoms with Gasteiger partial charge in [0.25, 0.3) is 0 Å². The second kappa shape index (κ2) is 7.58. The van der Waals surface area contributed by atoms with E-state index in [1.54, 1.807) is 6.07 Å². The molecule has 1 atom stereocenters. The normalized spacial score (nSPS) is 12.0. The number of benzene rings is 2. The van der Waals surface area contributed by atoms with Crippen molar-refractivity contribution in [3.63, 3.8) is 0 Å². The van der Waals surface area contributed by atoms with Gasteiger partial charge in [-0.05, 0) is 43.2 Å². The molecule has 0 fully saturated rings. The maximum atomic E-state index is 6.22. The van der Waals surface area contributed by atoms with Gasteiger partial charge in [0.1, 0.15) is 18.1 Å². The van der Waals surface area contributed by atoms with Crippen LogP contribution in [0.15, 0.2) is 42.5 Å². The summed E-state index contributed by atoms with van der Waals surface area (Å²) in [6, 6.07) is 13.0. The van der Waals surface area contributed by atoms with Crippen LogP contribution in [0.2, 0.25) is 10.0 Å². The Kier molecular flexibility index (Phi) is 5.77. The van der Waals surface area contributed by atoms with Crippen molar-refractivity contribution in [1.82, 2.24) is 0 Å². The lowest BCUT2D eigenvalue weighted by atomic mass is 10.2. The quantitative estimate of drug-likeness (QED) is 0.673. The highest BCUT2D eigenvalue weighted by atomic mass is 35.5. The Labute approximate surface area is 135 Å². The van der Waals surface area contributed by atoms with E-state index < -0.39 is 0 Å². The van der Waals surface area contributed by atoms with Gasteiger partial charge in [0.15, 0.2) is 0 Å². The third-order valence-electron chi connectivity index (χ3n) is 3.10. The van der Waals surface area contributed by atoms with Crippen LogP contribution in [0.5, 0.6) is 11.5 Å². The first-order valence-corrected chi connectivity index (χ1v) is 7.67. The van der Waals surface area contributed by atoms with Gasteiger partial charge >= 0.3 is 0 Å². The lowest BCUT2D eigenvalue weighted by Crippen LogP contribution is -2.09. The van der Waals surface area contributed by atoms with E-state index in [2.05, 4.69) is 6.92 Å². The lowest BCUT2D eigenvalue weighted by Gasteiger charge is -2.14. The van der Waals surface area contributed by atoms with E-state index in [1.807, 2.05) is 43.3 Å². The van der Waals surface area contributed by atoms with Gasteiger partial charge in [-0.15, -0.1) is 0 Å². The minimum absolute atomic E-state index is 0.166. The maximum absolute atomic E-state index is 6.22. The first kappa shape index (κ1) is 16.0. The van der Waals surface area contributed by atoms with Crippen LogP contribution >= 0.6 is 23.2 Å². The molecule has 0 saturated heterocycles. The molecule has 0 aliphatic heterocycles. The molecular weight excluding hydrogens is 307 g/mol. The number of hydrogen-bond donors (Lipinski definition) is 0. The summed E-state index contributed by atoms with van der Waals surface area (Å²) in [5, 5.41) is 1.23. The summed E-state index contributed by atoms with van der Waals surface area (Å²) in [7, 11) is 0. The van der Waals surface area contributed by atoms with Crippen LogP contribution in [0.4, 0.5) is 0 Å². The summed E-state index contributed by atoms with van der Waals surface area (Å²) >= 11 is 12.2. The molecule has 0 amide bonds. The van der Waals surface area contributed by atoms with Crippen molar-refractivity contribution in [2.24, 2.45) is 0 Å². The van der Waals surface area contributed by atoms with E-state index in [1.165, 1.54) is 0 Å². The van der Waals surface area contributed by atoms with Gasteiger partial charge < -0.3 is 9.47 Å². The van der Waals surface area contributed by atoms with Crippen LogP contribution in [0, 0.1) is 0 Å².